The molecule has 0 atom stereocenters. The van der Waals surface area contributed by atoms with Crippen LogP contribution in [0.15, 0.2) is 152 Å². The quantitative estimate of drug-likeness (QED) is 0.196. The molecular formula is C43H31NS. The Balaban J connectivity index is 1.25. The number of hydrogen-bond donors (Lipinski definition) is 0. The van der Waals surface area contributed by atoms with Gasteiger partial charge in [-0.2, -0.15) is 0 Å². The molecule has 1 aliphatic carbocycles. The van der Waals surface area contributed by atoms with Gasteiger partial charge in [-0.05, 0) is 80.6 Å². The van der Waals surface area contributed by atoms with Crippen molar-refractivity contribution in [1.29, 1.82) is 0 Å². The maximum Gasteiger partial charge on any atom is 0.0640 e. The van der Waals surface area contributed by atoms with E-state index in [4.69, 9.17) is 0 Å². The van der Waals surface area contributed by atoms with E-state index < -0.39 is 0 Å². The molecule has 2 heteroatoms. The van der Waals surface area contributed by atoms with Crippen LogP contribution in [0.1, 0.15) is 25.0 Å². The summed E-state index contributed by atoms with van der Waals surface area (Å²) in [5.41, 5.74) is 11.4. The van der Waals surface area contributed by atoms with Crippen molar-refractivity contribution in [2.75, 3.05) is 4.90 Å². The number of nitrogens with zero attached hydrogens (tertiary/aromatic N) is 1. The molecule has 1 nitrogen and oxygen atoms in total. The Labute approximate surface area is 267 Å². The fourth-order valence-electron chi connectivity index (χ4n) is 7.43. The third-order valence-electron chi connectivity index (χ3n) is 9.68. The van der Waals surface area contributed by atoms with Crippen LogP contribution in [0, 0.1) is 0 Å². The molecule has 9 rings (SSSR count). The normalized spacial score (nSPS) is 13.3. The smallest absolute Gasteiger partial charge is 0.0640 e. The largest absolute Gasteiger partial charge is 0.309 e. The molecule has 0 radical (unpaired) electrons. The molecule has 0 N–H and O–H groups in total. The van der Waals surface area contributed by atoms with E-state index >= 15 is 0 Å². The van der Waals surface area contributed by atoms with Crippen LogP contribution in [0.5, 0.6) is 0 Å². The van der Waals surface area contributed by atoms with Crippen molar-refractivity contribution in [3.63, 3.8) is 0 Å². The Kier molecular flexibility index (Phi) is 5.78. The highest BCUT2D eigenvalue weighted by atomic mass is 32.1. The first-order valence-electron chi connectivity index (χ1n) is 15.6. The van der Waals surface area contributed by atoms with Gasteiger partial charge in [0.1, 0.15) is 0 Å². The molecule has 8 aromatic rings. The van der Waals surface area contributed by atoms with Crippen molar-refractivity contribution in [1.82, 2.24) is 0 Å². The second kappa shape index (κ2) is 9.92. The average Bonchev–Trinajstić information content (AvgIpc) is 3.58. The summed E-state index contributed by atoms with van der Waals surface area (Å²) < 4.78 is 2.62. The van der Waals surface area contributed by atoms with Gasteiger partial charge in [0.2, 0.25) is 0 Å². The van der Waals surface area contributed by atoms with Gasteiger partial charge in [0.05, 0.1) is 10.4 Å². The van der Waals surface area contributed by atoms with E-state index in [9.17, 15) is 0 Å². The lowest BCUT2D eigenvalue weighted by Gasteiger charge is -2.28. The van der Waals surface area contributed by atoms with Crippen LogP contribution < -0.4 is 4.90 Å². The molecule has 45 heavy (non-hydrogen) atoms. The monoisotopic (exact) mass is 593 g/mol. The number of fused-ring (bicyclic) bond motifs is 7. The number of hydrogen-bond acceptors (Lipinski definition) is 2. The van der Waals surface area contributed by atoms with E-state index in [1.165, 1.54) is 75.7 Å². The van der Waals surface area contributed by atoms with E-state index in [0.717, 1.165) is 5.69 Å². The van der Waals surface area contributed by atoms with Crippen molar-refractivity contribution in [2.45, 2.75) is 19.3 Å². The molecule has 0 bridgehead atoms. The van der Waals surface area contributed by atoms with Gasteiger partial charge in [0.25, 0.3) is 0 Å². The van der Waals surface area contributed by atoms with E-state index in [1.807, 2.05) is 11.3 Å². The van der Waals surface area contributed by atoms with Crippen LogP contribution in [0.3, 0.4) is 0 Å². The van der Waals surface area contributed by atoms with Crippen LogP contribution in [0.4, 0.5) is 17.1 Å². The maximum atomic E-state index is 2.46. The summed E-state index contributed by atoms with van der Waals surface area (Å²) in [6.45, 7) is 4.72. The summed E-state index contributed by atoms with van der Waals surface area (Å²) in [6, 6.07) is 55.8. The van der Waals surface area contributed by atoms with Crippen molar-refractivity contribution < 1.29 is 0 Å². The molecule has 0 amide bonds. The third kappa shape index (κ3) is 3.99. The molecule has 0 fully saturated rings. The minimum absolute atomic E-state index is 0.0740. The minimum atomic E-state index is -0.0740. The number of thiophene rings is 1. The first-order valence-corrected chi connectivity index (χ1v) is 16.4. The number of anilines is 3. The van der Waals surface area contributed by atoms with Crippen molar-refractivity contribution in [3.05, 3.63) is 163 Å². The van der Waals surface area contributed by atoms with Crippen molar-refractivity contribution in [3.8, 4) is 22.3 Å². The summed E-state index contributed by atoms with van der Waals surface area (Å²) >= 11 is 1.88. The van der Waals surface area contributed by atoms with E-state index in [2.05, 4.69) is 170 Å². The minimum Gasteiger partial charge on any atom is -0.309 e. The number of rotatable bonds is 4. The highest BCUT2D eigenvalue weighted by Crippen LogP contribution is 2.51. The lowest BCUT2D eigenvalue weighted by atomic mass is 9.82. The Hall–Kier alpha value is -5.18. The van der Waals surface area contributed by atoms with Gasteiger partial charge in [0.15, 0.2) is 0 Å². The second-order valence-electron chi connectivity index (χ2n) is 12.6. The fraction of sp³-hybridized carbons (Fsp3) is 0.0698. The molecule has 0 saturated carbocycles. The molecular weight excluding hydrogens is 563 g/mol. The predicted molar refractivity (Wildman–Crippen MR) is 195 cm³/mol. The van der Waals surface area contributed by atoms with Gasteiger partial charge >= 0.3 is 0 Å². The summed E-state index contributed by atoms with van der Waals surface area (Å²) in [6.07, 6.45) is 0. The predicted octanol–water partition coefficient (Wildman–Crippen LogP) is 12.7. The topological polar surface area (TPSA) is 3.24 Å². The van der Waals surface area contributed by atoms with Crippen LogP contribution in [-0.2, 0) is 5.41 Å². The highest BCUT2D eigenvalue weighted by molar-refractivity contribution is 7.26. The molecule has 0 aliphatic heterocycles. The Morgan fingerprint density at radius 1 is 0.489 bits per heavy atom. The van der Waals surface area contributed by atoms with Crippen LogP contribution in [0.2, 0.25) is 0 Å². The van der Waals surface area contributed by atoms with Gasteiger partial charge in [-0.15, -0.1) is 11.3 Å². The lowest BCUT2D eigenvalue weighted by molar-refractivity contribution is 0.660. The molecule has 0 saturated heterocycles. The van der Waals surface area contributed by atoms with E-state index in [1.54, 1.807) is 0 Å². The SMILES string of the molecule is CC1(C)c2ccccc2-c2ccc(N(c3ccc(-c4cccc5ccccc45)cc3)c3cccc4c3sc3ccccc34)cc21. The first-order chi connectivity index (χ1) is 22.1. The zero-order valence-electron chi connectivity index (χ0n) is 25.3. The van der Waals surface area contributed by atoms with Gasteiger partial charge in [-0.1, -0.05) is 129 Å². The standard InChI is InChI=1S/C43H31NS/c1-43(2)38-18-7-5-14-34(38)35-26-25-31(27-39(35)43)44(40-19-10-17-37-36-15-6-8-20-41(36)45-42(37)40)30-23-21-29(22-24-30)33-16-9-12-28-11-3-4-13-32(28)33/h3-27H,1-2H3. The highest BCUT2D eigenvalue weighted by Gasteiger charge is 2.35. The summed E-state index contributed by atoms with van der Waals surface area (Å²) in [5, 5.41) is 5.16. The summed E-state index contributed by atoms with van der Waals surface area (Å²) in [4.78, 5) is 2.46. The summed E-state index contributed by atoms with van der Waals surface area (Å²) in [5.74, 6) is 0. The zero-order chi connectivity index (χ0) is 30.1. The molecule has 0 spiro atoms. The van der Waals surface area contributed by atoms with Gasteiger partial charge < -0.3 is 4.90 Å². The van der Waals surface area contributed by atoms with Gasteiger partial charge in [-0.25, -0.2) is 0 Å². The Morgan fingerprint density at radius 2 is 1.13 bits per heavy atom. The third-order valence-corrected chi connectivity index (χ3v) is 10.9. The Bertz CT molecular complexity index is 2410. The van der Waals surface area contributed by atoms with Gasteiger partial charge in [-0.3, -0.25) is 0 Å². The molecule has 0 unspecified atom stereocenters. The number of benzene rings is 7. The van der Waals surface area contributed by atoms with Crippen LogP contribution in [0.25, 0.3) is 53.2 Å². The van der Waals surface area contributed by atoms with Crippen molar-refractivity contribution in [2.24, 2.45) is 0 Å². The Morgan fingerprint density at radius 3 is 2.02 bits per heavy atom. The second-order valence-corrected chi connectivity index (χ2v) is 13.6. The van der Waals surface area contributed by atoms with Crippen molar-refractivity contribution >= 4 is 59.3 Å². The van der Waals surface area contributed by atoms with Crippen LogP contribution in [-0.4, -0.2) is 0 Å². The molecule has 1 heterocycles. The van der Waals surface area contributed by atoms with Gasteiger partial charge in [0, 0.05) is 32.3 Å². The average molecular weight is 594 g/mol. The molecule has 7 aromatic carbocycles. The maximum absolute atomic E-state index is 2.46. The lowest BCUT2D eigenvalue weighted by Crippen LogP contribution is -2.16. The zero-order valence-corrected chi connectivity index (χ0v) is 26.1. The summed E-state index contributed by atoms with van der Waals surface area (Å²) in [7, 11) is 0. The first kappa shape index (κ1) is 26.2. The van der Waals surface area contributed by atoms with Crippen LogP contribution >= 0.6 is 11.3 Å². The molecule has 1 aliphatic rings. The molecule has 214 valence electrons. The van der Waals surface area contributed by atoms with E-state index in [-0.39, 0.29) is 5.41 Å². The molecule has 1 aromatic heterocycles. The fourth-order valence-corrected chi connectivity index (χ4v) is 8.64. The van der Waals surface area contributed by atoms with E-state index in [0.29, 0.717) is 0 Å².